The highest BCUT2D eigenvalue weighted by molar-refractivity contribution is 5.77. The van der Waals surface area contributed by atoms with Gasteiger partial charge in [-0.05, 0) is 55.4 Å². The maximum absolute atomic E-state index is 11.3. The van der Waals surface area contributed by atoms with Crippen molar-refractivity contribution in [1.29, 1.82) is 0 Å². The molecule has 0 heterocycles. The van der Waals surface area contributed by atoms with E-state index in [0.717, 1.165) is 0 Å². The summed E-state index contributed by atoms with van der Waals surface area (Å²) in [6.45, 7) is 20.7. The fourth-order valence-electron chi connectivity index (χ4n) is 4.80. The molecule has 10 heteroatoms. The van der Waals surface area contributed by atoms with Crippen LogP contribution in [0.1, 0.15) is 80.4 Å². The molecule has 0 saturated heterocycles. The molecular formula is C31H48O10. The van der Waals surface area contributed by atoms with Gasteiger partial charge >= 0.3 is 0 Å². The van der Waals surface area contributed by atoms with E-state index < -0.39 is 5.41 Å². The Bertz CT molecular complexity index is 981. The third-order valence-corrected chi connectivity index (χ3v) is 6.15. The van der Waals surface area contributed by atoms with E-state index in [1.54, 1.807) is 0 Å². The maximum Gasteiger partial charge on any atom is 0.208 e. The van der Waals surface area contributed by atoms with Crippen LogP contribution in [0.15, 0.2) is 0 Å². The van der Waals surface area contributed by atoms with Crippen LogP contribution in [0.3, 0.4) is 0 Å². The number of aromatic hydroxyl groups is 2. The number of phenolic OH excluding ortho intramolecular Hbond substituents is 2. The minimum absolute atomic E-state index is 0.133. The predicted octanol–water partition coefficient (Wildman–Crippen LogP) is 6.61. The Hall–Kier alpha value is -3.56. The lowest BCUT2D eigenvalue weighted by Crippen LogP contribution is -2.25. The van der Waals surface area contributed by atoms with E-state index in [2.05, 4.69) is 0 Å². The van der Waals surface area contributed by atoms with Gasteiger partial charge in [-0.3, -0.25) is 0 Å². The highest BCUT2D eigenvalue weighted by Crippen LogP contribution is 2.63. The molecule has 0 saturated carbocycles. The molecule has 0 radical (unpaired) electrons. The van der Waals surface area contributed by atoms with Gasteiger partial charge < -0.3 is 48.1 Å². The Balaban J connectivity index is 3.30. The van der Waals surface area contributed by atoms with Crippen LogP contribution >= 0.6 is 0 Å². The van der Waals surface area contributed by atoms with Gasteiger partial charge in [0.25, 0.3) is 0 Å². The van der Waals surface area contributed by atoms with Crippen LogP contribution in [0.2, 0.25) is 0 Å². The average molecular weight is 581 g/mol. The molecule has 2 aromatic carbocycles. The van der Waals surface area contributed by atoms with Crippen molar-refractivity contribution in [3.63, 3.8) is 0 Å². The van der Waals surface area contributed by atoms with Gasteiger partial charge in [-0.15, -0.1) is 0 Å². The number of ether oxygens (including phenoxy) is 8. The molecule has 0 aliphatic carbocycles. The minimum Gasteiger partial charge on any atom is -0.501 e. The molecule has 0 atom stereocenters. The van der Waals surface area contributed by atoms with Crippen LogP contribution in [0.4, 0.5) is 0 Å². The number of phenols is 2. The first-order chi connectivity index (χ1) is 19.7. The molecule has 0 bridgehead atoms. The van der Waals surface area contributed by atoms with Crippen molar-refractivity contribution in [3.8, 4) is 57.5 Å². The van der Waals surface area contributed by atoms with Gasteiger partial charge in [0.1, 0.15) is 0 Å². The molecule has 0 fully saturated rings. The second kappa shape index (κ2) is 15.4. The van der Waals surface area contributed by atoms with Gasteiger partial charge in [-0.25, -0.2) is 0 Å². The number of hydrogen-bond donors (Lipinski definition) is 2. The third-order valence-electron chi connectivity index (χ3n) is 6.15. The SMILES string of the molecule is CCOc1c(O)c(OCC)c(OCC)c(C(C)(C)c2c(OCC)c(OCC)c(O)c(OCC)c2OCC)c1OCC. The Morgan fingerprint density at radius 1 is 0.366 bits per heavy atom. The number of rotatable bonds is 18. The molecule has 0 aromatic heterocycles. The number of benzene rings is 2. The second-order valence-electron chi connectivity index (χ2n) is 9.17. The van der Waals surface area contributed by atoms with Crippen LogP contribution in [0, 0.1) is 0 Å². The van der Waals surface area contributed by atoms with Crippen molar-refractivity contribution in [2.45, 2.75) is 74.7 Å². The van der Waals surface area contributed by atoms with Crippen LogP contribution in [-0.4, -0.2) is 63.1 Å². The Labute approximate surface area is 244 Å². The van der Waals surface area contributed by atoms with Crippen LogP contribution < -0.4 is 37.9 Å². The van der Waals surface area contributed by atoms with Crippen LogP contribution in [0.5, 0.6) is 57.5 Å². The zero-order chi connectivity index (χ0) is 30.7. The van der Waals surface area contributed by atoms with E-state index >= 15 is 0 Å². The van der Waals surface area contributed by atoms with Crippen molar-refractivity contribution in [3.05, 3.63) is 11.1 Å². The second-order valence-corrected chi connectivity index (χ2v) is 9.17. The highest BCUT2D eigenvalue weighted by atomic mass is 16.6. The summed E-state index contributed by atoms with van der Waals surface area (Å²) < 4.78 is 48.6. The Morgan fingerprint density at radius 2 is 0.537 bits per heavy atom. The Morgan fingerprint density at radius 3 is 0.707 bits per heavy atom. The van der Waals surface area contributed by atoms with E-state index in [1.165, 1.54) is 0 Å². The molecule has 0 amide bonds. The van der Waals surface area contributed by atoms with Gasteiger partial charge in [0.15, 0.2) is 23.0 Å². The van der Waals surface area contributed by atoms with Gasteiger partial charge in [-0.2, -0.15) is 0 Å². The summed E-state index contributed by atoms with van der Waals surface area (Å²) in [7, 11) is 0. The van der Waals surface area contributed by atoms with E-state index in [0.29, 0.717) is 11.1 Å². The van der Waals surface area contributed by atoms with Gasteiger partial charge in [0, 0.05) is 5.41 Å². The van der Waals surface area contributed by atoms with Crippen molar-refractivity contribution < 1.29 is 48.1 Å². The van der Waals surface area contributed by atoms with Crippen LogP contribution in [0.25, 0.3) is 0 Å². The van der Waals surface area contributed by atoms with E-state index in [4.69, 9.17) is 37.9 Å². The lowest BCUT2D eigenvalue weighted by Gasteiger charge is -2.35. The Kier molecular flexibility index (Phi) is 12.7. The predicted molar refractivity (Wildman–Crippen MR) is 158 cm³/mol. The summed E-state index contributed by atoms with van der Waals surface area (Å²) in [5.74, 6) is 1.26. The fraction of sp³-hybridized carbons (Fsp3) is 0.613. The molecule has 0 aliphatic heterocycles. The summed E-state index contributed by atoms with van der Waals surface area (Å²) in [4.78, 5) is 0. The lowest BCUT2D eigenvalue weighted by atomic mass is 9.75. The summed E-state index contributed by atoms with van der Waals surface area (Å²) in [6.07, 6.45) is 0. The van der Waals surface area contributed by atoms with Crippen LogP contribution in [-0.2, 0) is 5.41 Å². The van der Waals surface area contributed by atoms with Gasteiger partial charge in [-0.1, -0.05) is 13.8 Å². The first-order valence-electron chi connectivity index (χ1n) is 14.5. The molecule has 2 aromatic rings. The average Bonchev–Trinajstić information content (AvgIpc) is 2.93. The highest BCUT2D eigenvalue weighted by Gasteiger charge is 2.44. The van der Waals surface area contributed by atoms with Crippen molar-refractivity contribution in [1.82, 2.24) is 0 Å². The molecular weight excluding hydrogens is 532 g/mol. The standard InChI is InChI=1S/C31H48O10/c1-11-34-23-19(24(35-12-2)28(39-16-6)21(32)27(23)38-15-5)31(9,10)20-25(36-13-3)29(40-17-7)22(33)30(41-18-8)26(20)37-14-4/h32-33H,11-18H2,1-10H3. The van der Waals surface area contributed by atoms with Gasteiger partial charge in [0.05, 0.1) is 64.0 Å². The number of hydrogen-bond acceptors (Lipinski definition) is 10. The third kappa shape index (κ3) is 6.68. The molecule has 2 rings (SSSR count). The van der Waals surface area contributed by atoms with E-state index in [9.17, 15) is 10.2 Å². The zero-order valence-corrected chi connectivity index (χ0v) is 26.3. The smallest absolute Gasteiger partial charge is 0.208 e. The first kappa shape index (κ1) is 33.6. The first-order valence-corrected chi connectivity index (χ1v) is 14.5. The topological polar surface area (TPSA) is 114 Å². The summed E-state index contributed by atoms with van der Waals surface area (Å²) >= 11 is 0. The normalized spacial score (nSPS) is 11.2. The van der Waals surface area contributed by atoms with E-state index in [-0.39, 0.29) is 110 Å². The molecule has 0 unspecified atom stereocenters. The van der Waals surface area contributed by atoms with Crippen molar-refractivity contribution in [2.75, 3.05) is 52.9 Å². The lowest BCUT2D eigenvalue weighted by molar-refractivity contribution is 0.230. The quantitative estimate of drug-likeness (QED) is 0.199. The molecule has 232 valence electrons. The fourth-order valence-corrected chi connectivity index (χ4v) is 4.80. The molecule has 0 aliphatic rings. The zero-order valence-electron chi connectivity index (χ0n) is 26.3. The molecule has 2 N–H and O–H groups in total. The largest absolute Gasteiger partial charge is 0.501 e. The maximum atomic E-state index is 11.3. The summed E-state index contributed by atoms with van der Waals surface area (Å²) in [5, 5.41) is 22.7. The summed E-state index contributed by atoms with van der Waals surface area (Å²) in [5.41, 5.74) is 0.00710. The van der Waals surface area contributed by atoms with E-state index in [1.807, 2.05) is 69.2 Å². The molecule has 0 spiro atoms. The summed E-state index contributed by atoms with van der Waals surface area (Å²) in [6, 6.07) is 0. The molecule has 10 nitrogen and oxygen atoms in total. The van der Waals surface area contributed by atoms with Crippen molar-refractivity contribution >= 4 is 0 Å². The molecule has 41 heavy (non-hydrogen) atoms. The monoisotopic (exact) mass is 580 g/mol. The minimum atomic E-state index is -1.05. The van der Waals surface area contributed by atoms with Gasteiger partial charge in [0.2, 0.25) is 34.5 Å². The van der Waals surface area contributed by atoms with Crippen molar-refractivity contribution in [2.24, 2.45) is 0 Å².